The maximum atomic E-state index is 12.0. The van der Waals surface area contributed by atoms with E-state index >= 15 is 0 Å². The number of nitrogens with one attached hydrogen (secondary N) is 1. The predicted molar refractivity (Wildman–Crippen MR) is 77.9 cm³/mol. The Morgan fingerprint density at radius 1 is 1.25 bits per heavy atom. The number of rotatable bonds is 7. The third-order valence-electron chi connectivity index (χ3n) is 4.52. The molecule has 2 bridgehead atoms. The van der Waals surface area contributed by atoms with Crippen LogP contribution in [0.2, 0.25) is 0 Å². The van der Waals surface area contributed by atoms with E-state index in [4.69, 9.17) is 14.7 Å². The number of fused-ring (bicyclic) bond motifs is 2. The zero-order chi connectivity index (χ0) is 17.5. The first-order valence-electron chi connectivity index (χ1n) is 7.23. The third kappa shape index (κ3) is 4.60. The predicted octanol–water partition coefficient (Wildman–Crippen LogP) is -3.53. The van der Waals surface area contributed by atoms with Crippen molar-refractivity contribution >= 4 is 21.1 Å². The van der Waals surface area contributed by atoms with E-state index < -0.39 is 26.7 Å². The summed E-state index contributed by atoms with van der Waals surface area (Å²) in [6.07, 6.45) is 4.69. The average molecular weight is 391 g/mol. The van der Waals surface area contributed by atoms with Crippen LogP contribution in [0.5, 0.6) is 0 Å². The molecule has 5 N–H and O–H groups in total. The molecule has 5 atom stereocenters. The summed E-state index contributed by atoms with van der Waals surface area (Å²) in [6, 6.07) is 0. The number of hydrogen-bond acceptors (Lipinski definition) is 5. The Labute approximate surface area is 161 Å². The van der Waals surface area contributed by atoms with E-state index in [0.29, 0.717) is 5.92 Å². The van der Waals surface area contributed by atoms with E-state index in [-0.39, 0.29) is 60.3 Å². The summed E-state index contributed by atoms with van der Waals surface area (Å²) >= 11 is 0. The maximum Gasteiger partial charge on any atom is 1.00 e. The monoisotopic (exact) mass is 391 g/mol. The minimum atomic E-state index is -5.68. The molecule has 2 aliphatic rings. The maximum absolute atomic E-state index is 12.0. The van der Waals surface area contributed by atoms with Crippen molar-refractivity contribution in [3.63, 3.8) is 0 Å². The minimum Gasteiger partial charge on any atom is -0.776 e. The molecule has 0 aromatic carbocycles. The summed E-state index contributed by atoms with van der Waals surface area (Å²) in [6.45, 7) is -0.0568. The first kappa shape index (κ1) is 22.5. The Hall–Kier alpha value is 0.470. The van der Waals surface area contributed by atoms with Crippen molar-refractivity contribution in [2.45, 2.75) is 30.8 Å². The third-order valence-corrected chi connectivity index (χ3v) is 8.35. The normalized spacial score (nSPS) is 30.3. The second-order valence-corrected chi connectivity index (χ2v) is 10.1. The molecule has 2 rings (SSSR count). The molecule has 9 nitrogen and oxygen atoms in total. The zero-order valence-electron chi connectivity index (χ0n) is 13.2. The van der Waals surface area contributed by atoms with Crippen molar-refractivity contribution in [2.24, 2.45) is 17.8 Å². The Balaban J connectivity index is 0.00000288. The smallest absolute Gasteiger partial charge is 0.776 e. The summed E-state index contributed by atoms with van der Waals surface area (Å²) < 4.78 is 22.2. The molecule has 0 heterocycles. The summed E-state index contributed by atoms with van der Waals surface area (Å²) in [4.78, 5) is 49.9. The molecule has 0 aliphatic heterocycles. The second-order valence-electron chi connectivity index (χ2n) is 6.12. The van der Waals surface area contributed by atoms with Gasteiger partial charge in [0.05, 0.1) is 0 Å². The molecule has 0 aromatic heterocycles. The van der Waals surface area contributed by atoms with Gasteiger partial charge in [-0.25, -0.2) is 0 Å². The van der Waals surface area contributed by atoms with E-state index in [0.717, 1.165) is 12.8 Å². The Morgan fingerprint density at radius 2 is 1.88 bits per heavy atom. The number of hydrogen-bond donors (Lipinski definition) is 5. The van der Waals surface area contributed by atoms with Crippen LogP contribution in [0.15, 0.2) is 12.2 Å². The Bertz CT molecular complexity index is 578. The first-order chi connectivity index (χ1) is 10.5. The number of allylic oxidation sites excluding steroid dienone is 2. The molecule has 0 spiro atoms. The summed E-state index contributed by atoms with van der Waals surface area (Å²) in [5, 5.41) is 8.68. The van der Waals surface area contributed by atoms with Gasteiger partial charge in [0.15, 0.2) is 7.60 Å². The van der Waals surface area contributed by atoms with Gasteiger partial charge in [0, 0.05) is 12.5 Å². The van der Waals surface area contributed by atoms with Gasteiger partial charge in [-0.15, -0.1) is 0 Å². The Kier molecular flexibility index (Phi) is 7.51. The quantitative estimate of drug-likeness (QED) is 0.129. The van der Waals surface area contributed by atoms with Crippen LogP contribution >= 0.6 is 15.2 Å². The second kappa shape index (κ2) is 8.01. The van der Waals surface area contributed by atoms with E-state index in [2.05, 4.69) is 11.4 Å². The van der Waals surface area contributed by atoms with E-state index in [1.54, 1.807) is 0 Å². The van der Waals surface area contributed by atoms with Crippen molar-refractivity contribution in [3.8, 4) is 0 Å². The fourth-order valence-electron chi connectivity index (χ4n) is 3.20. The van der Waals surface area contributed by atoms with Gasteiger partial charge in [0.25, 0.3) is 0 Å². The molecule has 0 saturated heterocycles. The van der Waals surface area contributed by atoms with Gasteiger partial charge in [-0.3, -0.25) is 9.36 Å². The van der Waals surface area contributed by atoms with Crippen molar-refractivity contribution in [1.82, 2.24) is 5.32 Å². The minimum absolute atomic E-state index is 0. The average Bonchev–Trinajstić information content (AvgIpc) is 3.02. The SMILES string of the molecule is O=C(NCCCC(O)(P(=O)([O-])O)P(=O)(O)O)C1CC2C=CC1C2.[Na+]. The van der Waals surface area contributed by atoms with Gasteiger partial charge < -0.3 is 34.6 Å². The van der Waals surface area contributed by atoms with Crippen LogP contribution in [0.4, 0.5) is 0 Å². The molecule has 2 aliphatic carbocycles. The molecule has 5 unspecified atom stereocenters. The van der Waals surface area contributed by atoms with Gasteiger partial charge in [-0.1, -0.05) is 12.2 Å². The molecule has 1 amide bonds. The Morgan fingerprint density at radius 3 is 2.29 bits per heavy atom. The molecule has 24 heavy (non-hydrogen) atoms. The number of aliphatic hydroxyl groups is 1. The fourth-order valence-corrected chi connectivity index (χ4v) is 5.41. The van der Waals surface area contributed by atoms with Crippen molar-refractivity contribution < 1.29 is 68.2 Å². The topological polar surface area (TPSA) is 167 Å². The molecule has 1 fully saturated rings. The van der Waals surface area contributed by atoms with Crippen LogP contribution in [0.1, 0.15) is 25.7 Å². The van der Waals surface area contributed by atoms with Crippen LogP contribution in [0.3, 0.4) is 0 Å². The van der Waals surface area contributed by atoms with Crippen LogP contribution in [0, 0.1) is 17.8 Å². The van der Waals surface area contributed by atoms with Gasteiger partial charge >= 0.3 is 37.2 Å². The van der Waals surface area contributed by atoms with E-state index in [9.17, 15) is 23.9 Å². The van der Waals surface area contributed by atoms with Gasteiger partial charge in [-0.05, 0) is 37.5 Å². The van der Waals surface area contributed by atoms with E-state index in [1.165, 1.54) is 0 Å². The van der Waals surface area contributed by atoms with Crippen molar-refractivity contribution in [2.75, 3.05) is 6.54 Å². The molecule has 0 radical (unpaired) electrons. The molecular weight excluding hydrogens is 371 g/mol. The first-order valence-corrected chi connectivity index (χ1v) is 10.4. The van der Waals surface area contributed by atoms with Crippen molar-refractivity contribution in [3.05, 3.63) is 12.2 Å². The molecular formula is C12H20NNaO8P2. The standard InChI is InChI=1S/C12H21NO8P2.Na/c14-11(10-7-8-2-3-9(10)6-8)13-5-1-4-12(15,22(16,17)18)23(19,20)21;/h2-3,8-10,15H,1,4-7H2,(H,13,14)(H2,16,17,18)(H2,19,20,21);/q;+1/p-1. The van der Waals surface area contributed by atoms with Crippen LogP contribution < -0.4 is 39.8 Å². The van der Waals surface area contributed by atoms with Crippen LogP contribution in [-0.4, -0.2) is 37.3 Å². The molecule has 1 saturated carbocycles. The molecule has 0 aromatic rings. The van der Waals surface area contributed by atoms with Gasteiger partial charge in [-0.2, -0.15) is 0 Å². The fraction of sp³-hybridized carbons (Fsp3) is 0.750. The van der Waals surface area contributed by atoms with E-state index in [1.807, 2.05) is 6.08 Å². The molecule has 132 valence electrons. The summed E-state index contributed by atoms with van der Waals surface area (Å²) in [5.41, 5.74) is 0. The zero-order valence-corrected chi connectivity index (χ0v) is 17.0. The van der Waals surface area contributed by atoms with Crippen LogP contribution in [-0.2, 0) is 13.9 Å². The summed E-state index contributed by atoms with van der Waals surface area (Å²) in [7, 11) is -11.2. The number of amides is 1. The largest absolute Gasteiger partial charge is 1.00 e. The number of carbonyl (C=O) groups is 1. The van der Waals surface area contributed by atoms with Crippen LogP contribution in [0.25, 0.3) is 0 Å². The molecule has 12 heteroatoms. The van der Waals surface area contributed by atoms with Gasteiger partial charge in [0.1, 0.15) is 0 Å². The number of carbonyl (C=O) groups excluding carboxylic acids is 1. The van der Waals surface area contributed by atoms with Crippen molar-refractivity contribution in [1.29, 1.82) is 0 Å². The summed E-state index contributed by atoms with van der Waals surface area (Å²) in [5.74, 6) is 0.271. The van der Waals surface area contributed by atoms with Gasteiger partial charge in [0.2, 0.25) is 11.0 Å².